The molecular weight excluding hydrogens is 336 g/mol. The maximum atomic E-state index is 6.23. The van der Waals surface area contributed by atoms with E-state index >= 15 is 0 Å². The summed E-state index contributed by atoms with van der Waals surface area (Å²) in [5.41, 5.74) is 2.49. The van der Waals surface area contributed by atoms with Crippen molar-refractivity contribution in [2.24, 2.45) is 26.2 Å². The van der Waals surface area contributed by atoms with Gasteiger partial charge in [-0.25, -0.2) is 9.98 Å². The van der Waals surface area contributed by atoms with Crippen LogP contribution in [-0.2, 0) is 22.3 Å². The van der Waals surface area contributed by atoms with Crippen molar-refractivity contribution in [3.8, 4) is 0 Å². The summed E-state index contributed by atoms with van der Waals surface area (Å²) in [6.07, 6.45) is 1.71. The number of hydrogen-bond donors (Lipinski definition) is 0. The number of hydrogen-bond acceptors (Lipinski definition) is 4. The molecule has 2 aliphatic heterocycles. The Labute approximate surface area is 163 Å². The van der Waals surface area contributed by atoms with Crippen LogP contribution in [-0.4, -0.2) is 37.1 Å². The Bertz CT molecular complexity index is 728. The Morgan fingerprint density at radius 2 is 1.19 bits per heavy atom. The molecule has 27 heavy (non-hydrogen) atoms. The lowest BCUT2D eigenvalue weighted by atomic mass is 9.83. The summed E-state index contributed by atoms with van der Waals surface area (Å²) in [4.78, 5) is 10.1. The largest absolute Gasteiger partial charge is 0.478 e. The van der Waals surface area contributed by atoms with Gasteiger partial charge in [-0.15, -0.1) is 0 Å². The van der Waals surface area contributed by atoms with E-state index in [2.05, 4.69) is 65.8 Å². The molecule has 146 valence electrons. The minimum Gasteiger partial charge on any atom is -0.478 e. The molecule has 1 aromatic rings. The molecule has 0 bridgehead atoms. The second-order valence-electron chi connectivity index (χ2n) is 10.5. The standard InChI is InChI=1S/C23H32N2O2/c1-21(2,3)17-13-26-19(24-17)23(11-15-9-7-8-10-16(15)12-23)20-25-18(14-27-20)22(4,5)6/h7-10,17-18H,11-14H2,1-6H3. The summed E-state index contributed by atoms with van der Waals surface area (Å²) in [5, 5.41) is 0. The number of fused-ring (bicyclic) bond motifs is 1. The zero-order chi connectivity index (χ0) is 19.4. The zero-order valence-corrected chi connectivity index (χ0v) is 17.5. The summed E-state index contributed by atoms with van der Waals surface area (Å²) in [6.45, 7) is 14.6. The molecule has 0 fully saturated rings. The van der Waals surface area contributed by atoms with E-state index < -0.39 is 0 Å². The molecular formula is C23H32N2O2. The van der Waals surface area contributed by atoms with Crippen molar-refractivity contribution in [2.45, 2.75) is 66.5 Å². The van der Waals surface area contributed by atoms with Gasteiger partial charge in [0.15, 0.2) is 11.8 Å². The van der Waals surface area contributed by atoms with Gasteiger partial charge >= 0.3 is 0 Å². The lowest BCUT2D eigenvalue weighted by Gasteiger charge is -2.27. The van der Waals surface area contributed by atoms with Crippen LogP contribution in [0, 0.1) is 16.2 Å². The summed E-state index contributed by atoms with van der Waals surface area (Å²) < 4.78 is 12.5. The normalized spacial score (nSPS) is 26.9. The van der Waals surface area contributed by atoms with Crippen LogP contribution in [0.5, 0.6) is 0 Å². The SMILES string of the molecule is CC(C)(C)C1COC(C2(C3=NC(C(C)(C)C)CO3)Cc3ccccc3C2)=N1. The van der Waals surface area contributed by atoms with Crippen molar-refractivity contribution < 1.29 is 9.47 Å². The molecule has 0 saturated heterocycles. The summed E-state index contributed by atoms with van der Waals surface area (Å²) in [7, 11) is 0. The Morgan fingerprint density at radius 3 is 1.52 bits per heavy atom. The number of ether oxygens (including phenoxy) is 2. The molecule has 2 atom stereocenters. The predicted molar refractivity (Wildman–Crippen MR) is 110 cm³/mol. The van der Waals surface area contributed by atoms with Gasteiger partial charge in [-0.3, -0.25) is 0 Å². The van der Waals surface area contributed by atoms with Crippen molar-refractivity contribution >= 4 is 11.8 Å². The topological polar surface area (TPSA) is 43.2 Å². The van der Waals surface area contributed by atoms with Gasteiger partial charge in [0.05, 0.1) is 12.1 Å². The number of aliphatic imine (C=N–C) groups is 2. The monoisotopic (exact) mass is 368 g/mol. The fourth-order valence-electron chi connectivity index (χ4n) is 4.17. The van der Waals surface area contributed by atoms with Crippen molar-refractivity contribution in [3.05, 3.63) is 35.4 Å². The number of nitrogens with zero attached hydrogens (tertiary/aromatic N) is 2. The van der Waals surface area contributed by atoms with E-state index in [0.717, 1.165) is 24.6 Å². The molecule has 4 heteroatoms. The summed E-state index contributed by atoms with van der Waals surface area (Å²) >= 11 is 0. The molecule has 0 amide bonds. The van der Waals surface area contributed by atoms with Crippen molar-refractivity contribution in [1.29, 1.82) is 0 Å². The van der Waals surface area contributed by atoms with Crippen LogP contribution in [0.1, 0.15) is 52.7 Å². The third-order valence-electron chi connectivity index (χ3n) is 6.22. The zero-order valence-electron chi connectivity index (χ0n) is 17.5. The van der Waals surface area contributed by atoms with Gasteiger partial charge in [-0.05, 0) is 34.8 Å². The van der Waals surface area contributed by atoms with Crippen LogP contribution in [0.25, 0.3) is 0 Å². The van der Waals surface area contributed by atoms with Gasteiger partial charge in [-0.2, -0.15) is 0 Å². The van der Waals surface area contributed by atoms with Crippen molar-refractivity contribution in [1.82, 2.24) is 0 Å². The maximum absolute atomic E-state index is 6.23. The first kappa shape index (κ1) is 18.5. The van der Waals surface area contributed by atoms with Crippen LogP contribution in [0.4, 0.5) is 0 Å². The molecule has 4 nitrogen and oxygen atoms in total. The molecule has 0 radical (unpaired) electrons. The first-order valence-corrected chi connectivity index (χ1v) is 10.1. The van der Waals surface area contributed by atoms with Gasteiger partial charge in [0, 0.05) is 0 Å². The van der Waals surface area contributed by atoms with Gasteiger partial charge in [0.25, 0.3) is 0 Å². The number of benzene rings is 1. The predicted octanol–water partition coefficient (Wildman–Crippen LogP) is 4.46. The van der Waals surface area contributed by atoms with E-state index in [1.165, 1.54) is 11.1 Å². The van der Waals surface area contributed by atoms with E-state index in [-0.39, 0.29) is 28.3 Å². The molecule has 4 rings (SSSR count). The first-order chi connectivity index (χ1) is 12.6. The minimum atomic E-state index is -0.385. The number of rotatable bonds is 2. The van der Waals surface area contributed by atoms with Gasteiger partial charge in [0.2, 0.25) is 0 Å². The minimum absolute atomic E-state index is 0.0840. The fourth-order valence-corrected chi connectivity index (χ4v) is 4.17. The second kappa shape index (κ2) is 6.08. The van der Waals surface area contributed by atoms with E-state index in [0.29, 0.717) is 13.2 Å². The third-order valence-corrected chi connectivity index (χ3v) is 6.22. The average molecular weight is 369 g/mol. The highest BCUT2D eigenvalue weighted by atomic mass is 16.5. The smallest absolute Gasteiger partial charge is 0.200 e. The molecule has 0 N–H and O–H groups in total. The Hall–Kier alpha value is -1.84. The van der Waals surface area contributed by atoms with Crippen LogP contribution in [0.15, 0.2) is 34.3 Å². The van der Waals surface area contributed by atoms with Gasteiger partial charge in [-0.1, -0.05) is 65.8 Å². The van der Waals surface area contributed by atoms with Crippen LogP contribution < -0.4 is 0 Å². The quantitative estimate of drug-likeness (QED) is 0.773. The highest BCUT2D eigenvalue weighted by molar-refractivity contribution is 6.07. The van der Waals surface area contributed by atoms with E-state index in [4.69, 9.17) is 19.5 Å². The molecule has 1 aliphatic carbocycles. The maximum Gasteiger partial charge on any atom is 0.200 e. The fraction of sp³-hybridized carbons (Fsp3) is 0.652. The molecule has 0 spiro atoms. The van der Waals surface area contributed by atoms with Crippen molar-refractivity contribution in [3.63, 3.8) is 0 Å². The highest BCUT2D eigenvalue weighted by Crippen LogP contribution is 2.45. The van der Waals surface area contributed by atoms with Crippen LogP contribution >= 0.6 is 0 Å². The highest BCUT2D eigenvalue weighted by Gasteiger charge is 2.53. The van der Waals surface area contributed by atoms with E-state index in [9.17, 15) is 0 Å². The lowest BCUT2D eigenvalue weighted by molar-refractivity contribution is 0.209. The van der Waals surface area contributed by atoms with Crippen LogP contribution in [0.2, 0.25) is 0 Å². The van der Waals surface area contributed by atoms with Crippen LogP contribution in [0.3, 0.4) is 0 Å². The third kappa shape index (κ3) is 3.17. The van der Waals surface area contributed by atoms with Gasteiger partial charge in [0.1, 0.15) is 18.6 Å². The molecule has 2 unspecified atom stereocenters. The Kier molecular flexibility index (Phi) is 4.17. The van der Waals surface area contributed by atoms with E-state index in [1.807, 2.05) is 0 Å². The van der Waals surface area contributed by atoms with Crippen molar-refractivity contribution in [2.75, 3.05) is 13.2 Å². The molecule has 3 aliphatic rings. The Balaban J connectivity index is 1.75. The van der Waals surface area contributed by atoms with Gasteiger partial charge < -0.3 is 9.47 Å². The molecule has 0 saturated carbocycles. The molecule has 2 heterocycles. The summed E-state index contributed by atoms with van der Waals surface area (Å²) in [5.74, 6) is 1.65. The summed E-state index contributed by atoms with van der Waals surface area (Å²) in [6, 6.07) is 9.00. The first-order valence-electron chi connectivity index (χ1n) is 10.1. The molecule has 0 aromatic heterocycles. The van der Waals surface area contributed by atoms with E-state index in [1.54, 1.807) is 0 Å². The molecule has 1 aromatic carbocycles. The average Bonchev–Trinajstić information content (AvgIpc) is 3.30. The lowest BCUT2D eigenvalue weighted by Crippen LogP contribution is -2.41. The Morgan fingerprint density at radius 1 is 0.778 bits per heavy atom. The second-order valence-corrected chi connectivity index (χ2v) is 10.5.